The number of benzene rings is 3. The van der Waals surface area contributed by atoms with Gasteiger partial charge in [-0.1, -0.05) is 72.8 Å². The molecule has 0 aromatic heterocycles. The van der Waals surface area contributed by atoms with Crippen LogP contribution in [0.5, 0.6) is 0 Å². The molecule has 0 spiro atoms. The zero-order chi connectivity index (χ0) is 32.1. The van der Waals surface area contributed by atoms with Crippen LogP contribution in [0.3, 0.4) is 0 Å². The Kier molecular flexibility index (Phi) is 10.9. The lowest BCUT2D eigenvalue weighted by atomic mass is 9.95. The molecule has 2 amide bonds. The van der Waals surface area contributed by atoms with Crippen molar-refractivity contribution < 1.29 is 31.2 Å². The van der Waals surface area contributed by atoms with E-state index in [9.17, 15) is 31.2 Å². The van der Waals surface area contributed by atoms with Crippen LogP contribution in [0.1, 0.15) is 50.2 Å². The molecule has 1 atom stereocenters. The second-order valence-electron chi connectivity index (χ2n) is 10.7. The number of halogens is 5. The number of carbonyl (C=O) groups is 2. The summed E-state index contributed by atoms with van der Waals surface area (Å²) in [6, 6.07) is 14.4. The first-order valence-electron chi connectivity index (χ1n) is 14.1. The van der Waals surface area contributed by atoms with Gasteiger partial charge in [-0.2, -0.15) is 13.2 Å². The summed E-state index contributed by atoms with van der Waals surface area (Å²) in [6.45, 7) is 0.506. The Labute approximate surface area is 265 Å². The molecular formula is C31H32Cl2F3N3O4S. The van der Waals surface area contributed by atoms with E-state index in [0.29, 0.717) is 15.9 Å². The Hall–Kier alpha value is -3.28. The van der Waals surface area contributed by atoms with Crippen LogP contribution in [0.15, 0.2) is 77.7 Å². The molecule has 3 aromatic carbocycles. The third-order valence-corrected chi connectivity index (χ3v) is 10.1. The lowest BCUT2D eigenvalue weighted by Gasteiger charge is -2.33. The van der Waals surface area contributed by atoms with Crippen LogP contribution < -0.4 is 9.62 Å². The topological polar surface area (TPSA) is 86.8 Å². The minimum Gasteiger partial charge on any atom is -0.352 e. The van der Waals surface area contributed by atoms with Gasteiger partial charge in [0.2, 0.25) is 11.8 Å². The minimum atomic E-state index is -4.76. The van der Waals surface area contributed by atoms with Gasteiger partial charge in [0.25, 0.3) is 10.0 Å². The molecule has 0 unspecified atom stereocenters. The molecule has 1 N–H and O–H groups in total. The summed E-state index contributed by atoms with van der Waals surface area (Å²) in [7, 11) is -4.52. The molecule has 1 fully saturated rings. The Balaban J connectivity index is 1.72. The van der Waals surface area contributed by atoms with Gasteiger partial charge in [0.05, 0.1) is 26.2 Å². The number of nitrogens with zero attached hydrogens (tertiary/aromatic N) is 2. The van der Waals surface area contributed by atoms with E-state index in [-0.39, 0.29) is 33.2 Å². The van der Waals surface area contributed by atoms with Gasteiger partial charge in [-0.05, 0) is 67.8 Å². The van der Waals surface area contributed by atoms with Crippen LogP contribution in [-0.4, -0.2) is 43.8 Å². The molecule has 3 aromatic rings. The van der Waals surface area contributed by atoms with Gasteiger partial charge in [-0.3, -0.25) is 13.9 Å². The van der Waals surface area contributed by atoms with E-state index in [1.165, 1.54) is 54.3 Å². The van der Waals surface area contributed by atoms with Gasteiger partial charge >= 0.3 is 6.18 Å². The van der Waals surface area contributed by atoms with Crippen molar-refractivity contribution in [2.75, 3.05) is 10.8 Å². The summed E-state index contributed by atoms with van der Waals surface area (Å²) >= 11 is 12.3. The van der Waals surface area contributed by atoms with Crippen LogP contribution in [0, 0.1) is 0 Å². The summed E-state index contributed by atoms with van der Waals surface area (Å²) in [5.41, 5.74) is -0.920. The first kappa shape index (κ1) is 33.6. The summed E-state index contributed by atoms with van der Waals surface area (Å²) in [6.07, 6.45) is -0.141. The highest BCUT2D eigenvalue weighted by Crippen LogP contribution is 2.33. The Morgan fingerprint density at radius 3 is 2.25 bits per heavy atom. The molecule has 4 rings (SSSR count). The van der Waals surface area contributed by atoms with Crippen LogP contribution in [0.25, 0.3) is 0 Å². The van der Waals surface area contributed by atoms with E-state index in [2.05, 4.69) is 5.32 Å². The molecule has 0 aliphatic heterocycles. The number of alkyl halides is 3. The highest BCUT2D eigenvalue weighted by Gasteiger charge is 2.35. The van der Waals surface area contributed by atoms with Crippen LogP contribution in [0.2, 0.25) is 10.0 Å². The summed E-state index contributed by atoms with van der Waals surface area (Å²) in [4.78, 5) is 28.4. The highest BCUT2D eigenvalue weighted by atomic mass is 35.5. The van der Waals surface area contributed by atoms with E-state index in [1.807, 2.05) is 0 Å². The third-order valence-electron chi connectivity index (χ3n) is 7.53. The Morgan fingerprint density at radius 1 is 0.932 bits per heavy atom. The maximum atomic E-state index is 14.0. The average Bonchev–Trinajstić information content (AvgIpc) is 3.00. The number of amides is 2. The first-order valence-corrected chi connectivity index (χ1v) is 16.3. The average molecular weight is 671 g/mol. The predicted octanol–water partition coefficient (Wildman–Crippen LogP) is 7.07. The molecule has 0 saturated heterocycles. The van der Waals surface area contributed by atoms with Crippen molar-refractivity contribution in [3.8, 4) is 0 Å². The van der Waals surface area contributed by atoms with Crippen molar-refractivity contribution in [2.45, 2.75) is 68.7 Å². The Bertz CT molecular complexity index is 1580. The Morgan fingerprint density at radius 2 is 1.61 bits per heavy atom. The zero-order valence-corrected chi connectivity index (χ0v) is 26.2. The number of hydrogen-bond acceptors (Lipinski definition) is 4. The van der Waals surface area contributed by atoms with E-state index in [1.54, 1.807) is 12.1 Å². The van der Waals surface area contributed by atoms with Crippen molar-refractivity contribution in [2.24, 2.45) is 0 Å². The van der Waals surface area contributed by atoms with Crippen molar-refractivity contribution in [3.05, 3.63) is 94.0 Å². The molecule has 236 valence electrons. The largest absolute Gasteiger partial charge is 0.416 e. The summed E-state index contributed by atoms with van der Waals surface area (Å²) in [5, 5.41) is 3.48. The molecule has 7 nitrogen and oxygen atoms in total. The summed E-state index contributed by atoms with van der Waals surface area (Å²) in [5.74, 6) is -1.24. The van der Waals surface area contributed by atoms with Gasteiger partial charge in [0, 0.05) is 12.6 Å². The number of rotatable bonds is 10. The molecule has 0 heterocycles. The predicted molar refractivity (Wildman–Crippen MR) is 164 cm³/mol. The fourth-order valence-electron chi connectivity index (χ4n) is 5.07. The molecule has 1 saturated carbocycles. The maximum Gasteiger partial charge on any atom is 0.416 e. The highest BCUT2D eigenvalue weighted by molar-refractivity contribution is 7.92. The van der Waals surface area contributed by atoms with E-state index >= 15 is 0 Å². The molecule has 1 aliphatic rings. The van der Waals surface area contributed by atoms with Crippen molar-refractivity contribution >= 4 is 50.7 Å². The summed E-state index contributed by atoms with van der Waals surface area (Å²) < 4.78 is 69.1. The van der Waals surface area contributed by atoms with Crippen molar-refractivity contribution in [3.63, 3.8) is 0 Å². The van der Waals surface area contributed by atoms with Gasteiger partial charge in [-0.25, -0.2) is 8.42 Å². The lowest BCUT2D eigenvalue weighted by Crippen LogP contribution is -2.53. The van der Waals surface area contributed by atoms with Crippen LogP contribution in [-0.2, 0) is 32.3 Å². The molecule has 44 heavy (non-hydrogen) atoms. The van der Waals surface area contributed by atoms with Gasteiger partial charge in [0.15, 0.2) is 0 Å². The van der Waals surface area contributed by atoms with E-state index in [4.69, 9.17) is 23.2 Å². The number of carbonyl (C=O) groups excluding carboxylic acids is 2. The fourth-order valence-corrected chi connectivity index (χ4v) is 6.82. The van der Waals surface area contributed by atoms with Crippen molar-refractivity contribution in [1.29, 1.82) is 0 Å². The van der Waals surface area contributed by atoms with Crippen molar-refractivity contribution in [1.82, 2.24) is 10.2 Å². The molecular weight excluding hydrogens is 638 g/mol. The second-order valence-corrected chi connectivity index (χ2v) is 13.3. The third kappa shape index (κ3) is 8.25. The van der Waals surface area contributed by atoms with Crippen LogP contribution >= 0.6 is 23.2 Å². The number of sulfonamides is 1. The second kappa shape index (κ2) is 14.2. The quantitative estimate of drug-likeness (QED) is 0.250. The van der Waals surface area contributed by atoms with Gasteiger partial charge in [0.1, 0.15) is 12.6 Å². The lowest BCUT2D eigenvalue weighted by molar-refractivity contribution is -0.139. The SMILES string of the molecule is C[C@@H](C(=O)NC1CCCCC1)N(Cc1ccc(Cl)c(Cl)c1)C(=O)CN(c1cccc(C(F)(F)F)c1)S(=O)(=O)c1ccccc1. The number of anilines is 1. The molecule has 0 radical (unpaired) electrons. The monoisotopic (exact) mass is 669 g/mol. The molecule has 1 aliphatic carbocycles. The normalized spacial score (nSPS) is 15.0. The zero-order valence-electron chi connectivity index (χ0n) is 23.9. The van der Waals surface area contributed by atoms with Crippen LogP contribution in [0.4, 0.5) is 18.9 Å². The molecule has 13 heteroatoms. The van der Waals surface area contributed by atoms with E-state index in [0.717, 1.165) is 44.2 Å². The van der Waals surface area contributed by atoms with Gasteiger partial charge < -0.3 is 10.2 Å². The van der Waals surface area contributed by atoms with Gasteiger partial charge in [-0.15, -0.1) is 0 Å². The first-order chi connectivity index (χ1) is 20.8. The standard InChI is InChI=1S/C31H32Cl2F3N3O4S/c1-21(30(41)37-24-10-4-2-5-11-24)38(19-22-15-16-27(32)28(33)17-22)29(40)20-39(44(42,43)26-13-6-3-7-14-26)25-12-8-9-23(18-25)31(34,35)36/h3,6-9,12-18,21,24H,2,4-5,10-11,19-20H2,1H3,(H,37,41)/t21-/m0/s1. The fraction of sp³-hybridized carbons (Fsp3) is 0.355. The van der Waals surface area contributed by atoms with E-state index < -0.39 is 46.2 Å². The smallest absolute Gasteiger partial charge is 0.352 e. The molecule has 0 bridgehead atoms. The number of nitrogens with one attached hydrogen (secondary N) is 1. The maximum absolute atomic E-state index is 14.0. The minimum absolute atomic E-state index is 0.0549. The number of hydrogen-bond donors (Lipinski definition) is 1.